The van der Waals surface area contributed by atoms with E-state index >= 15 is 0 Å². The van der Waals surface area contributed by atoms with Gasteiger partial charge in [-0.3, -0.25) is 4.79 Å². The zero-order valence-electron chi connectivity index (χ0n) is 12.8. The third kappa shape index (κ3) is 4.66. The van der Waals surface area contributed by atoms with Gasteiger partial charge in [-0.15, -0.1) is 0 Å². The lowest BCUT2D eigenvalue weighted by Gasteiger charge is -2.07. The summed E-state index contributed by atoms with van der Waals surface area (Å²) in [7, 11) is 1.60. The molecule has 120 valence electrons. The Morgan fingerprint density at radius 1 is 0.957 bits per heavy atom. The minimum Gasteiger partial charge on any atom is -0.491 e. The summed E-state index contributed by atoms with van der Waals surface area (Å²) in [5.41, 5.74) is 1.05. The quantitative estimate of drug-likeness (QED) is 0.599. The minimum atomic E-state index is -1.10. The van der Waals surface area contributed by atoms with Crippen LogP contribution in [-0.2, 0) is 11.2 Å². The number of methoxy groups -OCH3 is 1. The molecule has 0 aliphatic heterocycles. The van der Waals surface area contributed by atoms with E-state index in [1.165, 1.54) is 12.1 Å². The molecule has 2 rings (SSSR count). The Morgan fingerprint density at radius 2 is 1.61 bits per heavy atom. The molecular formula is C18H18O5. The third-order valence-electron chi connectivity index (χ3n) is 3.30. The van der Waals surface area contributed by atoms with E-state index in [0.717, 1.165) is 5.56 Å². The number of aromatic carboxylic acids is 1. The van der Waals surface area contributed by atoms with E-state index in [-0.39, 0.29) is 23.3 Å². The van der Waals surface area contributed by atoms with Gasteiger partial charge >= 0.3 is 5.97 Å². The number of ether oxygens (including phenoxy) is 2. The maximum absolute atomic E-state index is 12.3. The van der Waals surface area contributed by atoms with Crippen molar-refractivity contribution in [2.75, 3.05) is 20.3 Å². The summed E-state index contributed by atoms with van der Waals surface area (Å²) in [5, 5.41) is 9.14. The zero-order valence-corrected chi connectivity index (χ0v) is 12.8. The van der Waals surface area contributed by atoms with E-state index in [9.17, 15) is 9.59 Å². The second-order valence-electron chi connectivity index (χ2n) is 4.94. The van der Waals surface area contributed by atoms with Crippen LogP contribution in [0.1, 0.15) is 26.3 Å². The third-order valence-corrected chi connectivity index (χ3v) is 3.30. The van der Waals surface area contributed by atoms with Crippen molar-refractivity contribution in [3.63, 3.8) is 0 Å². The molecule has 0 amide bonds. The summed E-state index contributed by atoms with van der Waals surface area (Å²) < 4.78 is 10.4. The van der Waals surface area contributed by atoms with Gasteiger partial charge in [-0.1, -0.05) is 30.3 Å². The molecule has 0 fully saturated rings. The molecule has 0 saturated carbocycles. The molecule has 2 aromatic carbocycles. The molecule has 1 N–H and O–H groups in total. The Kier molecular flexibility index (Phi) is 5.88. The Labute approximate surface area is 134 Å². The number of hydrogen-bond acceptors (Lipinski definition) is 4. The second kappa shape index (κ2) is 8.10. The SMILES string of the molecule is COCCOc1ccc(CC(=O)c2ccccc2C(=O)O)cc1. The Balaban J connectivity index is 2.05. The predicted molar refractivity (Wildman–Crippen MR) is 85.2 cm³/mol. The average Bonchev–Trinajstić information content (AvgIpc) is 2.56. The highest BCUT2D eigenvalue weighted by Gasteiger charge is 2.15. The molecule has 0 radical (unpaired) electrons. The van der Waals surface area contributed by atoms with Crippen LogP contribution in [0.5, 0.6) is 5.75 Å². The van der Waals surface area contributed by atoms with E-state index in [2.05, 4.69) is 0 Å². The first-order valence-corrected chi connectivity index (χ1v) is 7.18. The van der Waals surface area contributed by atoms with Gasteiger partial charge in [-0.05, 0) is 23.8 Å². The van der Waals surface area contributed by atoms with Gasteiger partial charge in [0.1, 0.15) is 12.4 Å². The number of ketones is 1. The van der Waals surface area contributed by atoms with Gasteiger partial charge in [0.2, 0.25) is 0 Å². The lowest BCUT2D eigenvalue weighted by atomic mass is 9.98. The van der Waals surface area contributed by atoms with Crippen molar-refractivity contribution in [3.8, 4) is 5.75 Å². The number of carboxylic acids is 1. The average molecular weight is 314 g/mol. The molecule has 0 aliphatic carbocycles. The standard InChI is InChI=1S/C18H18O5/c1-22-10-11-23-14-8-6-13(7-9-14)12-17(19)15-4-2-3-5-16(15)18(20)21/h2-9H,10-12H2,1H3,(H,20,21). The number of carbonyl (C=O) groups is 2. The van der Waals surface area contributed by atoms with Crippen LogP contribution in [0.25, 0.3) is 0 Å². The van der Waals surface area contributed by atoms with E-state index in [1.54, 1.807) is 43.5 Å². The first-order chi connectivity index (χ1) is 11.1. The molecule has 0 spiro atoms. The fourth-order valence-corrected chi connectivity index (χ4v) is 2.14. The predicted octanol–water partition coefficient (Wildman–Crippen LogP) is 2.84. The maximum Gasteiger partial charge on any atom is 0.336 e. The number of carbonyl (C=O) groups excluding carboxylic acids is 1. The molecule has 0 aliphatic rings. The lowest BCUT2D eigenvalue weighted by Crippen LogP contribution is -2.10. The first-order valence-electron chi connectivity index (χ1n) is 7.18. The molecule has 2 aromatic rings. The van der Waals surface area contributed by atoms with Crippen LogP contribution < -0.4 is 4.74 Å². The molecule has 0 unspecified atom stereocenters. The van der Waals surface area contributed by atoms with E-state index < -0.39 is 5.97 Å². The number of carboxylic acid groups (broad SMARTS) is 1. The van der Waals surface area contributed by atoms with E-state index in [4.69, 9.17) is 14.6 Å². The molecule has 5 nitrogen and oxygen atoms in total. The van der Waals surface area contributed by atoms with Crippen LogP contribution in [0.4, 0.5) is 0 Å². The van der Waals surface area contributed by atoms with Crippen molar-refractivity contribution in [1.29, 1.82) is 0 Å². The van der Waals surface area contributed by atoms with Crippen molar-refractivity contribution in [2.24, 2.45) is 0 Å². The highest BCUT2D eigenvalue weighted by molar-refractivity contribution is 6.06. The summed E-state index contributed by atoms with van der Waals surface area (Å²) in [6, 6.07) is 13.4. The van der Waals surface area contributed by atoms with Crippen molar-refractivity contribution >= 4 is 11.8 Å². The van der Waals surface area contributed by atoms with Crippen molar-refractivity contribution < 1.29 is 24.2 Å². The van der Waals surface area contributed by atoms with E-state index in [0.29, 0.717) is 19.0 Å². The summed E-state index contributed by atoms with van der Waals surface area (Å²) >= 11 is 0. The number of rotatable bonds is 8. The highest BCUT2D eigenvalue weighted by Crippen LogP contribution is 2.16. The summed E-state index contributed by atoms with van der Waals surface area (Å²) in [6.45, 7) is 0.965. The van der Waals surface area contributed by atoms with Crippen LogP contribution in [0, 0.1) is 0 Å². The summed E-state index contributed by atoms with van der Waals surface area (Å²) in [5.74, 6) is -0.629. The van der Waals surface area contributed by atoms with Crippen LogP contribution in [0.15, 0.2) is 48.5 Å². The van der Waals surface area contributed by atoms with Gasteiger partial charge in [0.15, 0.2) is 5.78 Å². The fourth-order valence-electron chi connectivity index (χ4n) is 2.14. The summed E-state index contributed by atoms with van der Waals surface area (Å²) in [6.07, 6.45) is 0.142. The van der Waals surface area contributed by atoms with E-state index in [1.807, 2.05) is 0 Å². The van der Waals surface area contributed by atoms with Crippen LogP contribution >= 0.6 is 0 Å². The monoisotopic (exact) mass is 314 g/mol. The van der Waals surface area contributed by atoms with Gasteiger partial charge in [-0.25, -0.2) is 4.79 Å². The van der Waals surface area contributed by atoms with Crippen molar-refractivity contribution in [2.45, 2.75) is 6.42 Å². The minimum absolute atomic E-state index is 0.0250. The normalized spacial score (nSPS) is 10.3. The van der Waals surface area contributed by atoms with Gasteiger partial charge < -0.3 is 14.6 Å². The van der Waals surface area contributed by atoms with Gasteiger partial charge in [0, 0.05) is 19.1 Å². The topological polar surface area (TPSA) is 72.8 Å². The molecule has 23 heavy (non-hydrogen) atoms. The fraction of sp³-hybridized carbons (Fsp3) is 0.222. The zero-order chi connectivity index (χ0) is 16.7. The Bertz CT molecular complexity index is 676. The van der Waals surface area contributed by atoms with Crippen molar-refractivity contribution in [3.05, 3.63) is 65.2 Å². The smallest absolute Gasteiger partial charge is 0.336 e. The molecule has 0 atom stereocenters. The number of benzene rings is 2. The van der Waals surface area contributed by atoms with Crippen molar-refractivity contribution in [1.82, 2.24) is 0 Å². The molecule has 0 heterocycles. The maximum atomic E-state index is 12.3. The lowest BCUT2D eigenvalue weighted by molar-refractivity contribution is 0.0692. The van der Waals surface area contributed by atoms with Crippen LogP contribution in [0.3, 0.4) is 0 Å². The van der Waals surface area contributed by atoms with Gasteiger partial charge in [0.25, 0.3) is 0 Å². The van der Waals surface area contributed by atoms with Crippen LogP contribution in [0.2, 0.25) is 0 Å². The number of Topliss-reactive ketones (excluding diaryl/α,β-unsaturated/α-hetero) is 1. The summed E-state index contributed by atoms with van der Waals surface area (Å²) in [4.78, 5) is 23.5. The molecule has 0 bridgehead atoms. The molecule has 0 aromatic heterocycles. The largest absolute Gasteiger partial charge is 0.491 e. The Morgan fingerprint density at radius 3 is 2.22 bits per heavy atom. The number of hydrogen-bond donors (Lipinski definition) is 1. The van der Waals surface area contributed by atoms with Crippen LogP contribution in [-0.4, -0.2) is 37.2 Å². The molecule has 0 saturated heterocycles. The van der Waals surface area contributed by atoms with Gasteiger partial charge in [0.05, 0.1) is 12.2 Å². The first kappa shape index (κ1) is 16.7. The second-order valence-corrected chi connectivity index (χ2v) is 4.94. The Hall–Kier alpha value is -2.66. The molecule has 5 heteroatoms. The molecular weight excluding hydrogens is 296 g/mol. The highest BCUT2D eigenvalue weighted by atomic mass is 16.5. The van der Waals surface area contributed by atoms with Gasteiger partial charge in [-0.2, -0.15) is 0 Å².